The Bertz CT molecular complexity index is 6570. The molecule has 123 heavy (non-hydrogen) atoms. The second-order valence-corrected chi connectivity index (χ2v) is 33.5. The Morgan fingerprint density at radius 2 is 0.650 bits per heavy atom. The summed E-state index contributed by atoms with van der Waals surface area (Å²) in [6.07, 6.45) is 3.50. The van der Waals surface area contributed by atoms with Crippen molar-refractivity contribution in [2.24, 2.45) is 0 Å². The second kappa shape index (κ2) is 39.3. The van der Waals surface area contributed by atoms with E-state index >= 15 is 0 Å². The van der Waals surface area contributed by atoms with Gasteiger partial charge in [-0.05, 0) is 216 Å². The minimum absolute atomic E-state index is 0. The van der Waals surface area contributed by atoms with E-state index in [-0.39, 0.29) is 111 Å². The van der Waals surface area contributed by atoms with Crippen LogP contribution in [0.3, 0.4) is 0 Å². The zero-order chi connectivity index (χ0) is 85.8. The average Bonchev–Trinajstić information content (AvgIpc) is 1.59. The third kappa shape index (κ3) is 20.7. The number of carbonyl (C=O) groups excluding carboxylic acids is 3. The first kappa shape index (κ1) is 93.7. The van der Waals surface area contributed by atoms with Crippen molar-refractivity contribution in [2.45, 2.75) is 141 Å². The maximum atomic E-state index is 10.0. The molecule has 9 nitrogen and oxygen atoms in total. The molecule has 627 valence electrons. The normalized spacial score (nSPS) is 13.0. The number of aryl methyl sites for hydroxylation is 6. The predicted molar refractivity (Wildman–Crippen MR) is 497 cm³/mol. The quantitative estimate of drug-likeness (QED) is 0.0729. The standard InChI is InChI=1S/3C32H26N.3C5H8O2.3Ir/c1-20-9-7-11-22(15-20)25-18-30(23-12-8-10-21(2)16-23)33-31-19-29-26(17-27(25)31)24-13-5-6-14-28(24)32(29,3)4;1-20-10-9-12-22(16-20)25-18-30(23-13-6-5-11-21(23)2)33-31-19-29-26(17-27(25)31)24-14-7-8-15-28(24)32(29,3)4;1-20-12-14-22(15-13-20)30-18-25(23-9-7-8-21(2)16-23)27-17-26-24-10-5-6-11-28(24)32(3,4)29(26)19-31(27)33-30;3*1-4(6)3-5(2)7;;;/h5-11,13-19H,1-4H3;5-12,14-19H,1-4H3;5-14,16-19H,1-4H3;3*3,6H,1-2H3;;;/q3*-1;;;;;;. The molecule has 0 spiro atoms. The van der Waals surface area contributed by atoms with Crippen LogP contribution in [-0.2, 0) is 90.9 Å². The maximum Gasteiger partial charge on any atom is 0.155 e. The van der Waals surface area contributed by atoms with Gasteiger partial charge in [0.05, 0.1) is 33.8 Å². The first-order valence-electron chi connectivity index (χ1n) is 40.7. The molecule has 0 saturated carbocycles. The van der Waals surface area contributed by atoms with Gasteiger partial charge in [-0.15, -0.1) is 106 Å². The van der Waals surface area contributed by atoms with Crippen LogP contribution in [0.25, 0.3) is 133 Å². The Labute approximate surface area is 765 Å². The molecule has 0 unspecified atom stereocenters. The molecule has 0 saturated heterocycles. The van der Waals surface area contributed by atoms with Gasteiger partial charge in [0.1, 0.15) is 0 Å². The molecule has 18 rings (SSSR count). The van der Waals surface area contributed by atoms with Crippen LogP contribution < -0.4 is 0 Å². The van der Waals surface area contributed by atoms with Crippen LogP contribution in [0.2, 0.25) is 0 Å². The van der Waals surface area contributed by atoms with E-state index in [4.69, 9.17) is 30.3 Å². The molecule has 0 aliphatic heterocycles. The van der Waals surface area contributed by atoms with Gasteiger partial charge in [-0.1, -0.05) is 243 Å². The smallest absolute Gasteiger partial charge is 0.155 e. The van der Waals surface area contributed by atoms with Crippen LogP contribution >= 0.6 is 0 Å². The van der Waals surface area contributed by atoms with Crippen molar-refractivity contribution < 1.29 is 90.0 Å². The molecule has 3 aromatic heterocycles. The zero-order valence-electron chi connectivity index (χ0n) is 72.9. The van der Waals surface area contributed by atoms with Gasteiger partial charge in [0.25, 0.3) is 0 Å². The number of benzene rings is 12. The molecule has 12 aromatic carbocycles. The van der Waals surface area contributed by atoms with Crippen molar-refractivity contribution in [1.82, 2.24) is 15.0 Å². The fourth-order valence-electron chi connectivity index (χ4n) is 16.9. The molecular weight excluding hydrogens is 2050 g/mol. The first-order chi connectivity index (χ1) is 57.1. The summed E-state index contributed by atoms with van der Waals surface area (Å²) in [6.45, 7) is 35.3. The molecule has 3 radical (unpaired) electrons. The van der Waals surface area contributed by atoms with Crippen molar-refractivity contribution in [3.63, 3.8) is 0 Å². The van der Waals surface area contributed by atoms with Crippen LogP contribution in [-0.4, -0.2) is 47.6 Å². The summed E-state index contributed by atoms with van der Waals surface area (Å²) >= 11 is 0. The van der Waals surface area contributed by atoms with Gasteiger partial charge in [0, 0.05) is 111 Å². The van der Waals surface area contributed by atoms with E-state index in [9.17, 15) is 14.4 Å². The topological polar surface area (TPSA) is 151 Å². The van der Waals surface area contributed by atoms with Crippen LogP contribution in [0.4, 0.5) is 0 Å². The number of ketones is 3. The van der Waals surface area contributed by atoms with Gasteiger partial charge in [-0.2, -0.15) is 0 Å². The van der Waals surface area contributed by atoms with Crippen molar-refractivity contribution >= 4 is 50.1 Å². The van der Waals surface area contributed by atoms with Gasteiger partial charge in [0.2, 0.25) is 0 Å². The van der Waals surface area contributed by atoms with Crippen LogP contribution in [0, 0.1) is 59.7 Å². The molecular formula is C111H102Ir3N3O6-3. The number of aliphatic hydroxyl groups excluding tert-OH is 3. The van der Waals surface area contributed by atoms with E-state index in [1.165, 1.54) is 209 Å². The minimum atomic E-state index is -0.125. The van der Waals surface area contributed by atoms with Crippen LogP contribution in [0.1, 0.15) is 150 Å². The molecule has 0 bridgehead atoms. The van der Waals surface area contributed by atoms with Crippen LogP contribution in [0.15, 0.2) is 290 Å². The van der Waals surface area contributed by atoms with Crippen molar-refractivity contribution in [3.8, 4) is 101 Å². The molecule has 0 fully saturated rings. The summed E-state index contributed by atoms with van der Waals surface area (Å²) in [7, 11) is 0. The van der Waals surface area contributed by atoms with E-state index in [0.29, 0.717) is 0 Å². The number of hydrogen-bond donors (Lipinski definition) is 3. The van der Waals surface area contributed by atoms with Gasteiger partial charge >= 0.3 is 0 Å². The third-order valence-corrected chi connectivity index (χ3v) is 22.6. The molecule has 0 amide bonds. The van der Waals surface area contributed by atoms with Gasteiger partial charge in [-0.25, -0.2) is 0 Å². The van der Waals surface area contributed by atoms with Crippen LogP contribution in [0.5, 0.6) is 0 Å². The first-order valence-corrected chi connectivity index (χ1v) is 40.7. The SMILES string of the molecule is CC(=O)C=C(C)O.CC(=O)C=C(C)O.CC(=O)C=C(C)O.Cc1c[c-]c(-c2cc(-c3cccc(C)c3)c3cc4c(cc3n2)C(C)(C)c2ccccc2-4)cc1.Cc1cc[c-]c(-c2cc(-c3cccc(C)c3)c3cc4c(cc3n2)C(C)(C)c2ccccc2-4)c1.Cc1cccc(-c2cc(-c3[c-]cccc3C)nc3cc4c(cc23)-c2ccccc2C4(C)C)c1.[Ir].[Ir].[Ir]. The summed E-state index contributed by atoms with van der Waals surface area (Å²) in [5.41, 5.74) is 40.0. The minimum Gasteiger partial charge on any atom is -0.512 e. The Morgan fingerprint density at radius 3 is 0.976 bits per heavy atom. The molecule has 3 heterocycles. The van der Waals surface area contributed by atoms with E-state index in [1.54, 1.807) is 0 Å². The summed E-state index contributed by atoms with van der Waals surface area (Å²) in [6, 6.07) is 102. The average molecular weight is 2150 g/mol. The number of nitrogens with zero attached hydrogens (tertiary/aromatic N) is 3. The van der Waals surface area contributed by atoms with Crippen molar-refractivity contribution in [2.75, 3.05) is 0 Å². The number of pyridine rings is 3. The Morgan fingerprint density at radius 1 is 0.301 bits per heavy atom. The number of rotatable bonds is 9. The van der Waals surface area contributed by atoms with Crippen molar-refractivity contribution in [1.29, 1.82) is 0 Å². The third-order valence-electron chi connectivity index (χ3n) is 22.6. The summed E-state index contributed by atoms with van der Waals surface area (Å²) in [5.74, 6) is -0.187. The molecule has 0 atom stereocenters. The van der Waals surface area contributed by atoms with Gasteiger partial charge in [0.15, 0.2) is 17.3 Å². The largest absolute Gasteiger partial charge is 0.512 e. The molecule has 3 aliphatic rings. The summed E-state index contributed by atoms with van der Waals surface area (Å²) in [5, 5.41) is 28.7. The second-order valence-electron chi connectivity index (χ2n) is 33.5. The fourth-order valence-corrected chi connectivity index (χ4v) is 16.9. The molecule has 3 aliphatic carbocycles. The fraction of sp³-hybridized carbons (Fsp3) is 0.189. The number of aliphatic hydroxyl groups is 3. The van der Waals surface area contributed by atoms with E-state index < -0.39 is 0 Å². The monoisotopic (exact) mass is 2150 g/mol. The van der Waals surface area contributed by atoms with Gasteiger partial charge < -0.3 is 15.3 Å². The number of hydrogen-bond acceptors (Lipinski definition) is 9. The Hall–Kier alpha value is -11.6. The molecule has 15 aromatic rings. The Kier molecular flexibility index (Phi) is 30.0. The van der Waals surface area contributed by atoms with E-state index in [0.717, 1.165) is 50.3 Å². The number of allylic oxidation sites excluding steroid dienone is 6. The van der Waals surface area contributed by atoms with E-state index in [2.05, 4.69) is 332 Å². The maximum absolute atomic E-state index is 10.0. The summed E-state index contributed by atoms with van der Waals surface area (Å²) in [4.78, 5) is 45.6. The van der Waals surface area contributed by atoms with E-state index in [1.807, 2.05) is 24.3 Å². The predicted octanol–water partition coefficient (Wildman–Crippen LogP) is 28.0. The number of aromatic nitrogens is 3. The number of carbonyl (C=O) groups is 3. The molecule has 3 N–H and O–H groups in total. The Balaban J connectivity index is 0.000000171. The van der Waals surface area contributed by atoms with Gasteiger partial charge in [-0.3, -0.25) is 29.3 Å². The summed E-state index contributed by atoms with van der Waals surface area (Å²) < 4.78 is 0. The molecule has 12 heteroatoms. The zero-order valence-corrected chi connectivity index (χ0v) is 80.1. The van der Waals surface area contributed by atoms with Crippen molar-refractivity contribution in [3.05, 3.63) is 375 Å². The number of fused-ring (bicyclic) bond motifs is 12.